The summed E-state index contributed by atoms with van der Waals surface area (Å²) in [5, 5.41) is 11.5. The molecular formula is C13H16N2O3. The predicted octanol–water partition coefficient (Wildman–Crippen LogP) is 1.51. The smallest absolute Gasteiger partial charge is 0.335 e. The maximum Gasteiger partial charge on any atom is 0.335 e. The average Bonchev–Trinajstić information content (AvgIpc) is 2.29. The number of carboxylic acid groups (broad SMARTS) is 1. The summed E-state index contributed by atoms with van der Waals surface area (Å²) in [6.45, 7) is 2.03. The predicted molar refractivity (Wildman–Crippen MR) is 70.1 cm³/mol. The van der Waals surface area contributed by atoms with Crippen molar-refractivity contribution in [1.82, 2.24) is 5.32 Å². The second kappa shape index (κ2) is 6.44. The third-order valence-electron chi connectivity index (χ3n) is 2.32. The van der Waals surface area contributed by atoms with Gasteiger partial charge in [0.15, 0.2) is 0 Å². The molecule has 0 aliphatic heterocycles. The summed E-state index contributed by atoms with van der Waals surface area (Å²) in [6, 6.07) is 4.59. The Bertz CT molecular complexity index is 481. The Morgan fingerprint density at radius 2 is 2.17 bits per heavy atom. The molecule has 0 aliphatic carbocycles. The molecular weight excluding hydrogens is 232 g/mol. The van der Waals surface area contributed by atoms with Crippen LogP contribution in [0.25, 0.3) is 6.08 Å². The van der Waals surface area contributed by atoms with Crippen LogP contribution in [0.3, 0.4) is 0 Å². The summed E-state index contributed by atoms with van der Waals surface area (Å²) in [7, 11) is 0. The minimum Gasteiger partial charge on any atom is -0.478 e. The highest BCUT2D eigenvalue weighted by atomic mass is 16.4. The van der Waals surface area contributed by atoms with Gasteiger partial charge in [0.2, 0.25) is 5.91 Å². The van der Waals surface area contributed by atoms with Gasteiger partial charge in [-0.1, -0.05) is 18.2 Å². The molecule has 0 heterocycles. The van der Waals surface area contributed by atoms with E-state index in [1.54, 1.807) is 6.07 Å². The molecule has 0 atom stereocenters. The lowest BCUT2D eigenvalue weighted by Crippen LogP contribution is -2.20. The fourth-order valence-corrected chi connectivity index (χ4v) is 1.40. The highest BCUT2D eigenvalue weighted by molar-refractivity contribution is 5.89. The zero-order valence-corrected chi connectivity index (χ0v) is 10.1. The van der Waals surface area contributed by atoms with Crippen molar-refractivity contribution in [1.29, 1.82) is 0 Å². The quantitative estimate of drug-likeness (QED) is 0.544. The van der Waals surface area contributed by atoms with E-state index in [0.29, 0.717) is 18.7 Å². The second-order valence-corrected chi connectivity index (χ2v) is 3.82. The third kappa shape index (κ3) is 4.29. The van der Waals surface area contributed by atoms with Gasteiger partial charge in [-0.15, -0.1) is 0 Å². The van der Waals surface area contributed by atoms with Crippen molar-refractivity contribution < 1.29 is 14.7 Å². The van der Waals surface area contributed by atoms with Crippen molar-refractivity contribution in [2.75, 3.05) is 12.3 Å². The molecule has 1 amide bonds. The van der Waals surface area contributed by atoms with Gasteiger partial charge in [0.25, 0.3) is 0 Å². The molecule has 0 aliphatic rings. The molecule has 0 fully saturated rings. The Morgan fingerprint density at radius 3 is 2.72 bits per heavy atom. The fraction of sp³-hybridized carbons (Fsp3) is 0.231. The summed E-state index contributed by atoms with van der Waals surface area (Å²) in [4.78, 5) is 21.3. The van der Waals surface area contributed by atoms with Crippen LogP contribution >= 0.6 is 0 Å². The van der Waals surface area contributed by atoms with Gasteiger partial charge in [0, 0.05) is 19.2 Å². The first-order chi connectivity index (χ1) is 8.50. The maximum absolute atomic E-state index is 10.7. The lowest BCUT2D eigenvalue weighted by Gasteiger charge is -2.02. The number of hydrogen-bond donors (Lipinski definition) is 3. The lowest BCUT2D eigenvalue weighted by atomic mass is 10.1. The molecule has 5 heteroatoms. The second-order valence-electron chi connectivity index (χ2n) is 3.82. The number of nitrogens with two attached hydrogens (primary N) is 1. The van der Waals surface area contributed by atoms with Crippen molar-refractivity contribution in [3.63, 3.8) is 0 Å². The minimum absolute atomic E-state index is 0.0614. The first kappa shape index (κ1) is 13.8. The standard InChI is InChI=1S/C13H16N2O3/c1-9(16)15-7-3-2-4-10-5-6-11(13(17)18)8-12(10)14/h2,4-6,8H,3,7,14H2,1H3,(H,15,16)(H,17,18). The van der Waals surface area contributed by atoms with Gasteiger partial charge in [-0.05, 0) is 24.1 Å². The Morgan fingerprint density at radius 1 is 1.44 bits per heavy atom. The number of carboxylic acids is 1. The van der Waals surface area contributed by atoms with Crippen LogP contribution in [0.5, 0.6) is 0 Å². The monoisotopic (exact) mass is 248 g/mol. The fourth-order valence-electron chi connectivity index (χ4n) is 1.40. The number of amides is 1. The van der Waals surface area contributed by atoms with E-state index in [-0.39, 0.29) is 11.5 Å². The molecule has 18 heavy (non-hydrogen) atoms. The molecule has 1 aromatic rings. The highest BCUT2D eigenvalue weighted by Gasteiger charge is 2.04. The van der Waals surface area contributed by atoms with Gasteiger partial charge >= 0.3 is 5.97 Å². The van der Waals surface area contributed by atoms with E-state index in [1.165, 1.54) is 19.1 Å². The van der Waals surface area contributed by atoms with Gasteiger partial charge in [-0.2, -0.15) is 0 Å². The van der Waals surface area contributed by atoms with Crippen LogP contribution in [-0.4, -0.2) is 23.5 Å². The summed E-state index contributed by atoms with van der Waals surface area (Å²) in [5.41, 5.74) is 7.10. The van der Waals surface area contributed by atoms with E-state index in [0.717, 1.165) is 5.56 Å². The van der Waals surface area contributed by atoms with Crippen LogP contribution in [0.1, 0.15) is 29.3 Å². The van der Waals surface area contributed by atoms with Gasteiger partial charge in [0.05, 0.1) is 5.56 Å². The Kier molecular flexibility index (Phi) is 4.92. The number of carbonyl (C=O) groups excluding carboxylic acids is 1. The van der Waals surface area contributed by atoms with Crippen molar-refractivity contribution in [3.05, 3.63) is 35.4 Å². The van der Waals surface area contributed by atoms with E-state index in [1.807, 2.05) is 12.2 Å². The van der Waals surface area contributed by atoms with Crippen LogP contribution < -0.4 is 11.1 Å². The zero-order valence-electron chi connectivity index (χ0n) is 10.1. The summed E-state index contributed by atoms with van der Waals surface area (Å²) < 4.78 is 0. The van der Waals surface area contributed by atoms with E-state index in [9.17, 15) is 9.59 Å². The molecule has 0 spiro atoms. The SMILES string of the molecule is CC(=O)NCCC=Cc1ccc(C(=O)O)cc1N. The van der Waals surface area contributed by atoms with E-state index in [2.05, 4.69) is 5.32 Å². The Hall–Kier alpha value is -2.30. The molecule has 1 aromatic carbocycles. The van der Waals surface area contributed by atoms with Crippen molar-refractivity contribution in [3.8, 4) is 0 Å². The lowest BCUT2D eigenvalue weighted by molar-refractivity contribution is -0.118. The highest BCUT2D eigenvalue weighted by Crippen LogP contribution is 2.16. The van der Waals surface area contributed by atoms with Crippen LogP contribution in [0.15, 0.2) is 24.3 Å². The zero-order chi connectivity index (χ0) is 13.5. The molecule has 0 saturated heterocycles. The molecule has 96 valence electrons. The topological polar surface area (TPSA) is 92.4 Å². The van der Waals surface area contributed by atoms with Crippen LogP contribution in [0.2, 0.25) is 0 Å². The first-order valence-electron chi connectivity index (χ1n) is 5.54. The van der Waals surface area contributed by atoms with Crippen LogP contribution in [-0.2, 0) is 4.79 Å². The summed E-state index contributed by atoms with van der Waals surface area (Å²) in [6.07, 6.45) is 4.38. The van der Waals surface area contributed by atoms with E-state index < -0.39 is 5.97 Å². The van der Waals surface area contributed by atoms with Crippen LogP contribution in [0, 0.1) is 0 Å². The number of aromatic carboxylic acids is 1. The van der Waals surface area contributed by atoms with Gasteiger partial charge in [0.1, 0.15) is 0 Å². The number of nitrogen functional groups attached to an aromatic ring is 1. The maximum atomic E-state index is 10.7. The third-order valence-corrected chi connectivity index (χ3v) is 2.32. The number of hydrogen-bond acceptors (Lipinski definition) is 3. The number of anilines is 1. The van der Waals surface area contributed by atoms with E-state index >= 15 is 0 Å². The van der Waals surface area contributed by atoms with Crippen molar-refractivity contribution in [2.45, 2.75) is 13.3 Å². The number of rotatable bonds is 5. The normalized spacial score (nSPS) is 10.5. The molecule has 0 aromatic heterocycles. The number of nitrogens with one attached hydrogen (secondary N) is 1. The van der Waals surface area contributed by atoms with Gasteiger partial charge in [-0.25, -0.2) is 4.79 Å². The number of carbonyl (C=O) groups is 2. The molecule has 0 unspecified atom stereocenters. The summed E-state index contributed by atoms with van der Waals surface area (Å²) >= 11 is 0. The summed E-state index contributed by atoms with van der Waals surface area (Å²) in [5.74, 6) is -1.06. The molecule has 5 nitrogen and oxygen atoms in total. The van der Waals surface area contributed by atoms with Gasteiger partial charge in [-0.3, -0.25) is 4.79 Å². The Balaban J connectivity index is 2.59. The molecule has 4 N–H and O–H groups in total. The molecule has 0 saturated carbocycles. The van der Waals surface area contributed by atoms with Gasteiger partial charge < -0.3 is 16.2 Å². The average molecular weight is 248 g/mol. The Labute approximate surface area is 105 Å². The molecule has 0 radical (unpaired) electrons. The first-order valence-corrected chi connectivity index (χ1v) is 5.54. The molecule has 0 bridgehead atoms. The molecule has 1 rings (SSSR count). The van der Waals surface area contributed by atoms with E-state index in [4.69, 9.17) is 10.8 Å². The van der Waals surface area contributed by atoms with Crippen LogP contribution in [0.4, 0.5) is 5.69 Å². The minimum atomic E-state index is -0.997. The number of benzene rings is 1. The largest absolute Gasteiger partial charge is 0.478 e. The van der Waals surface area contributed by atoms with Crippen molar-refractivity contribution in [2.24, 2.45) is 0 Å². The van der Waals surface area contributed by atoms with Crippen molar-refractivity contribution >= 4 is 23.6 Å².